The fourth-order valence-electron chi connectivity index (χ4n) is 4.81. The number of carbonyl (C=O) groups is 1. The number of anilines is 1. The van der Waals surface area contributed by atoms with Crippen LogP contribution in [0.1, 0.15) is 32.8 Å². The smallest absolute Gasteiger partial charge is 0.442 e. The number of hydrogen-bond donors (Lipinski definition) is 0. The van der Waals surface area contributed by atoms with Crippen molar-refractivity contribution in [3.63, 3.8) is 0 Å². The number of hydrogen-bond acceptors (Lipinski definition) is 12. The summed E-state index contributed by atoms with van der Waals surface area (Å²) in [4.78, 5) is 40.5. The van der Waals surface area contributed by atoms with Gasteiger partial charge in [0, 0.05) is 36.9 Å². The van der Waals surface area contributed by atoms with Crippen molar-refractivity contribution in [2.75, 3.05) is 23.7 Å². The number of sulfonamides is 1. The Hall–Kier alpha value is -5.34. The summed E-state index contributed by atoms with van der Waals surface area (Å²) >= 11 is 5.82. The van der Waals surface area contributed by atoms with E-state index in [2.05, 4.69) is 14.3 Å². The molecule has 0 aliphatic carbocycles. The topological polar surface area (TPSA) is 214 Å². The van der Waals surface area contributed by atoms with Gasteiger partial charge in [-0.3, -0.25) is 24.5 Å². The number of para-hydroxylation sites is 1. The van der Waals surface area contributed by atoms with Crippen molar-refractivity contribution in [3.05, 3.63) is 110 Å². The molecule has 0 spiro atoms. The van der Waals surface area contributed by atoms with Gasteiger partial charge in [-0.25, -0.2) is 36.2 Å². The molecule has 0 aliphatic heterocycles. The highest BCUT2D eigenvalue weighted by Crippen LogP contribution is 2.35. The zero-order chi connectivity index (χ0) is 39.3. The van der Waals surface area contributed by atoms with Crippen LogP contribution in [0, 0.1) is 31.9 Å². The lowest BCUT2D eigenvalue weighted by molar-refractivity contribution is -0.387. The van der Waals surface area contributed by atoms with Crippen LogP contribution in [0.4, 0.5) is 30.6 Å². The highest BCUT2D eigenvalue weighted by atomic mass is 35.5. The third-order valence-corrected chi connectivity index (χ3v) is 10.3. The molecule has 21 heteroatoms. The second-order valence-corrected chi connectivity index (χ2v) is 16.8. The molecule has 0 saturated heterocycles. The van der Waals surface area contributed by atoms with Crippen LogP contribution in [0.3, 0.4) is 0 Å². The first-order valence-corrected chi connectivity index (χ1v) is 19.2. The molecule has 0 aliphatic rings. The Kier molecular flexibility index (Phi) is 12.3. The molecule has 1 heterocycles. The van der Waals surface area contributed by atoms with Gasteiger partial charge in [0.1, 0.15) is 22.9 Å². The van der Waals surface area contributed by atoms with Crippen molar-refractivity contribution in [2.24, 2.45) is 4.36 Å². The molecule has 3 aromatic carbocycles. The fourth-order valence-corrected chi connectivity index (χ4v) is 7.81. The normalized spacial score (nSPS) is 12.7. The molecule has 0 saturated carbocycles. The first kappa shape index (κ1) is 40.4. The Morgan fingerprint density at radius 3 is 2.36 bits per heavy atom. The highest BCUT2D eigenvalue weighted by Gasteiger charge is 2.33. The Labute approximate surface area is 307 Å². The number of amides is 1. The van der Waals surface area contributed by atoms with E-state index in [4.69, 9.17) is 21.1 Å². The fraction of sp³-hybridized carbons (Fsp3) is 0.281. The van der Waals surface area contributed by atoms with Crippen molar-refractivity contribution in [1.82, 2.24) is 9.97 Å². The molecule has 4 rings (SSSR count). The van der Waals surface area contributed by atoms with E-state index >= 15 is 4.39 Å². The van der Waals surface area contributed by atoms with Gasteiger partial charge in [-0.05, 0) is 68.3 Å². The molecule has 1 aromatic heterocycles. The number of rotatable bonds is 13. The summed E-state index contributed by atoms with van der Waals surface area (Å²) < 4.78 is 86.3. The number of nitro groups is 2. The van der Waals surface area contributed by atoms with Crippen LogP contribution in [-0.2, 0) is 30.2 Å². The number of halogens is 3. The SMILES string of the molecule is CC(C)(C)OC(=O)N=S(C)(=O)Cc1cc(OCCCN(c2cc(-c3nc(Cl)ncc3F)ccc2F)S(=O)(=O)c2ccccc2[N+](=O)[O-])cc([N+](=O)[O-])c1. The number of nitrogens with zero attached hydrogens (tertiary/aromatic N) is 6. The second kappa shape index (κ2) is 16.1. The quantitative estimate of drug-likeness (QED) is 0.0574. The van der Waals surface area contributed by atoms with E-state index in [1.807, 2.05) is 0 Å². The van der Waals surface area contributed by atoms with Crippen molar-refractivity contribution in [2.45, 2.75) is 43.4 Å². The molecule has 16 nitrogen and oxygen atoms in total. The van der Waals surface area contributed by atoms with Gasteiger partial charge in [0.25, 0.3) is 21.4 Å². The first-order chi connectivity index (χ1) is 24.7. The maximum Gasteiger partial charge on any atom is 0.442 e. The minimum atomic E-state index is -4.91. The molecule has 1 atom stereocenters. The minimum absolute atomic E-state index is 0.0981. The van der Waals surface area contributed by atoms with Gasteiger partial charge in [-0.1, -0.05) is 12.1 Å². The summed E-state index contributed by atoms with van der Waals surface area (Å²) in [6.07, 6.45) is 0.624. The van der Waals surface area contributed by atoms with Crippen LogP contribution < -0.4 is 9.04 Å². The van der Waals surface area contributed by atoms with E-state index in [0.29, 0.717) is 4.31 Å². The van der Waals surface area contributed by atoms with E-state index < -0.39 is 87.2 Å². The van der Waals surface area contributed by atoms with Crippen molar-refractivity contribution < 1.29 is 45.5 Å². The van der Waals surface area contributed by atoms with Crippen LogP contribution in [-0.4, -0.2) is 63.5 Å². The summed E-state index contributed by atoms with van der Waals surface area (Å²) in [6, 6.07) is 10.8. The molecule has 0 bridgehead atoms. The van der Waals surface area contributed by atoms with E-state index in [0.717, 1.165) is 48.7 Å². The molecule has 0 fully saturated rings. The van der Waals surface area contributed by atoms with E-state index in [1.165, 1.54) is 24.5 Å². The lowest BCUT2D eigenvalue weighted by Crippen LogP contribution is -2.34. The maximum absolute atomic E-state index is 15.5. The maximum atomic E-state index is 15.5. The number of ether oxygens (including phenoxy) is 2. The van der Waals surface area contributed by atoms with Gasteiger partial charge >= 0.3 is 6.09 Å². The van der Waals surface area contributed by atoms with Gasteiger partial charge in [0.2, 0.25) is 5.28 Å². The monoisotopic (exact) mass is 796 g/mol. The Bertz CT molecular complexity index is 2320. The van der Waals surface area contributed by atoms with Crippen molar-refractivity contribution in [3.8, 4) is 17.0 Å². The van der Waals surface area contributed by atoms with Crippen LogP contribution in [0.25, 0.3) is 11.3 Å². The second-order valence-electron chi connectivity index (χ2n) is 12.3. The zero-order valence-corrected chi connectivity index (χ0v) is 30.8. The summed E-state index contributed by atoms with van der Waals surface area (Å²) in [5, 5.41) is 23.1. The molecule has 0 radical (unpaired) electrons. The average Bonchev–Trinajstić information content (AvgIpc) is 3.04. The molecule has 4 aromatic rings. The highest BCUT2D eigenvalue weighted by molar-refractivity contribution is 7.93. The van der Waals surface area contributed by atoms with Gasteiger partial charge < -0.3 is 9.47 Å². The number of benzene rings is 3. The number of aromatic nitrogens is 2. The summed E-state index contributed by atoms with van der Waals surface area (Å²) in [7, 11) is -8.20. The summed E-state index contributed by atoms with van der Waals surface area (Å²) in [5.41, 5.74) is -3.16. The third kappa shape index (κ3) is 10.6. The molecule has 1 amide bonds. The first-order valence-electron chi connectivity index (χ1n) is 15.2. The lowest BCUT2D eigenvalue weighted by Gasteiger charge is -2.25. The molecule has 0 N–H and O–H groups in total. The van der Waals surface area contributed by atoms with E-state index in [1.54, 1.807) is 20.8 Å². The van der Waals surface area contributed by atoms with Crippen LogP contribution in [0.15, 0.2) is 76.1 Å². The van der Waals surface area contributed by atoms with Crippen LogP contribution in [0.5, 0.6) is 5.75 Å². The van der Waals surface area contributed by atoms with E-state index in [9.17, 15) is 42.0 Å². The van der Waals surface area contributed by atoms with E-state index in [-0.39, 0.29) is 40.9 Å². The number of carbonyl (C=O) groups excluding carboxylic acids is 1. The predicted molar refractivity (Wildman–Crippen MR) is 190 cm³/mol. The van der Waals surface area contributed by atoms with Crippen molar-refractivity contribution >= 4 is 54.5 Å². The van der Waals surface area contributed by atoms with Gasteiger partial charge in [0.15, 0.2) is 10.7 Å². The lowest BCUT2D eigenvalue weighted by atomic mass is 10.1. The third-order valence-electron chi connectivity index (χ3n) is 6.86. The molecule has 282 valence electrons. The molecule has 1 unspecified atom stereocenters. The Morgan fingerprint density at radius 2 is 1.70 bits per heavy atom. The summed E-state index contributed by atoms with van der Waals surface area (Å²) in [5.74, 6) is -2.55. The number of nitro benzene ring substituents is 2. The molecular formula is C32H31ClF2N6O10S2. The Morgan fingerprint density at radius 1 is 1.00 bits per heavy atom. The number of non-ortho nitro benzene ring substituents is 1. The zero-order valence-electron chi connectivity index (χ0n) is 28.4. The Balaban J connectivity index is 1.67. The predicted octanol–water partition coefficient (Wildman–Crippen LogP) is 7.09. The molecule has 53 heavy (non-hydrogen) atoms. The van der Waals surface area contributed by atoms with Crippen LogP contribution in [0.2, 0.25) is 5.28 Å². The standard InChI is InChI=1S/C32H31ClF2N6O10S2/c1-32(2,3)51-31(42)38-52(4,47)19-20-14-22(40(43)44)17-23(15-20)50-13-7-12-39(53(48,49)28-9-6-5-8-26(28)41(45)46)27-16-21(10-11-24(27)34)29-25(35)18-36-30(33)37-29/h5-6,8-11,14-18H,7,12-13,19H2,1-4H3. The van der Waals surface area contributed by atoms with Crippen LogP contribution >= 0.6 is 11.6 Å². The molecular weight excluding hydrogens is 766 g/mol. The summed E-state index contributed by atoms with van der Waals surface area (Å²) in [6.45, 7) is 3.86. The van der Waals surface area contributed by atoms with Gasteiger partial charge in [-0.15, -0.1) is 4.36 Å². The van der Waals surface area contributed by atoms with Gasteiger partial charge in [0.05, 0.1) is 49.9 Å². The largest absolute Gasteiger partial charge is 0.493 e. The van der Waals surface area contributed by atoms with Gasteiger partial charge in [-0.2, -0.15) is 0 Å². The average molecular weight is 797 g/mol. The van der Waals surface area contributed by atoms with Crippen molar-refractivity contribution in [1.29, 1.82) is 0 Å². The minimum Gasteiger partial charge on any atom is -0.493 e.